The number of methoxy groups -OCH3 is 1. The average molecular weight is 443 g/mol. The molecule has 1 heterocycles. The highest BCUT2D eigenvalue weighted by Gasteiger charge is 2.26. The molecule has 0 amide bonds. The molecule has 0 bridgehead atoms. The van der Waals surface area contributed by atoms with Gasteiger partial charge in [-0.25, -0.2) is 0 Å². The van der Waals surface area contributed by atoms with Crippen molar-refractivity contribution in [3.05, 3.63) is 64.7 Å². The number of oxime groups is 1. The molecule has 0 saturated carbocycles. The van der Waals surface area contributed by atoms with Crippen LogP contribution in [0.5, 0.6) is 5.75 Å². The summed E-state index contributed by atoms with van der Waals surface area (Å²) in [5.41, 5.74) is 2.96. The molecular formula is C24H27ClN2O4. The van der Waals surface area contributed by atoms with Crippen LogP contribution in [-0.2, 0) is 16.1 Å². The van der Waals surface area contributed by atoms with E-state index in [1.165, 1.54) is 0 Å². The van der Waals surface area contributed by atoms with E-state index in [1.54, 1.807) is 7.11 Å². The second-order valence-electron chi connectivity index (χ2n) is 7.40. The molecule has 6 nitrogen and oxygen atoms in total. The molecular weight excluding hydrogens is 416 g/mol. The van der Waals surface area contributed by atoms with Crippen LogP contribution in [0.25, 0.3) is 0 Å². The van der Waals surface area contributed by atoms with Crippen molar-refractivity contribution in [1.29, 1.82) is 0 Å². The summed E-state index contributed by atoms with van der Waals surface area (Å²) in [4.78, 5) is 7.82. The molecule has 0 fully saturated rings. The molecule has 1 aliphatic rings. The number of nitrogens with zero attached hydrogens (tertiary/aromatic N) is 2. The van der Waals surface area contributed by atoms with Gasteiger partial charge in [-0.2, -0.15) is 0 Å². The number of benzene rings is 2. The maximum absolute atomic E-state index is 10.4. The van der Waals surface area contributed by atoms with Gasteiger partial charge in [0.2, 0.25) is 0 Å². The van der Waals surface area contributed by atoms with E-state index in [-0.39, 0.29) is 19.3 Å². The van der Waals surface area contributed by atoms with E-state index in [0.717, 1.165) is 22.6 Å². The molecule has 0 radical (unpaired) electrons. The zero-order valence-corrected chi connectivity index (χ0v) is 18.3. The van der Waals surface area contributed by atoms with Gasteiger partial charge in [0.1, 0.15) is 18.5 Å². The normalized spacial score (nSPS) is 16.5. The van der Waals surface area contributed by atoms with Gasteiger partial charge in [-0.1, -0.05) is 46.9 Å². The summed E-state index contributed by atoms with van der Waals surface area (Å²) in [6.07, 6.45) is 5.10. The van der Waals surface area contributed by atoms with Crippen LogP contribution in [0.15, 0.2) is 53.7 Å². The molecule has 2 aromatic carbocycles. The minimum atomic E-state index is -0.669. The van der Waals surface area contributed by atoms with E-state index < -0.39 is 6.10 Å². The third kappa shape index (κ3) is 7.27. The predicted molar refractivity (Wildman–Crippen MR) is 121 cm³/mol. The van der Waals surface area contributed by atoms with Gasteiger partial charge < -0.3 is 19.4 Å². The monoisotopic (exact) mass is 442 g/mol. The molecule has 1 aliphatic heterocycles. The fourth-order valence-electron chi connectivity index (χ4n) is 3.46. The predicted octanol–water partition coefficient (Wildman–Crippen LogP) is 3.35. The van der Waals surface area contributed by atoms with Gasteiger partial charge in [-0.3, -0.25) is 4.90 Å². The van der Waals surface area contributed by atoms with E-state index in [0.29, 0.717) is 31.1 Å². The van der Waals surface area contributed by atoms with Gasteiger partial charge in [-0.15, -0.1) is 6.42 Å². The fourth-order valence-corrected chi connectivity index (χ4v) is 3.59. The first-order valence-corrected chi connectivity index (χ1v) is 10.5. The molecule has 3 rings (SSSR count). The number of hydrogen-bond acceptors (Lipinski definition) is 6. The van der Waals surface area contributed by atoms with Crippen molar-refractivity contribution in [3.63, 3.8) is 0 Å². The number of aliphatic hydroxyl groups excluding tert-OH is 1. The Hall–Kier alpha value is -2.56. The Labute approximate surface area is 188 Å². The summed E-state index contributed by atoms with van der Waals surface area (Å²) in [6, 6.07) is 15.4. The van der Waals surface area contributed by atoms with E-state index in [2.05, 4.69) is 16.0 Å². The Morgan fingerprint density at radius 3 is 2.87 bits per heavy atom. The molecule has 31 heavy (non-hydrogen) atoms. The number of ether oxygens (including phenoxy) is 2. The quantitative estimate of drug-likeness (QED) is 0.427. The lowest BCUT2D eigenvalue weighted by molar-refractivity contribution is 0.00417. The van der Waals surface area contributed by atoms with Gasteiger partial charge >= 0.3 is 0 Å². The number of terminal acetylenes is 1. The topological polar surface area (TPSA) is 63.5 Å². The standard InChI is InChI=1S/C24H27ClN2O4/c1-3-11-30-17-21(28)15-27(14-18-5-4-6-22(12-18)29-2)16-23-13-24(26-31-23)19-7-9-20(25)10-8-19/h1,4-10,12,21,23,28H,11,13-17H2,2H3/t21-,23-/m1/s1. The lowest BCUT2D eigenvalue weighted by Crippen LogP contribution is -2.39. The van der Waals surface area contributed by atoms with E-state index in [9.17, 15) is 5.11 Å². The lowest BCUT2D eigenvalue weighted by Gasteiger charge is -2.27. The van der Waals surface area contributed by atoms with Crippen LogP contribution in [0, 0.1) is 12.3 Å². The number of aliphatic hydroxyl groups is 1. The zero-order valence-electron chi connectivity index (χ0n) is 17.5. The van der Waals surface area contributed by atoms with Crippen molar-refractivity contribution < 1.29 is 19.4 Å². The highest BCUT2D eigenvalue weighted by molar-refractivity contribution is 6.30. The Morgan fingerprint density at radius 2 is 2.13 bits per heavy atom. The van der Waals surface area contributed by atoms with Gasteiger partial charge in [-0.05, 0) is 35.4 Å². The first-order valence-electron chi connectivity index (χ1n) is 10.1. The van der Waals surface area contributed by atoms with Crippen molar-refractivity contribution in [1.82, 2.24) is 4.90 Å². The first kappa shape index (κ1) is 23.1. The van der Waals surface area contributed by atoms with Gasteiger partial charge in [0.25, 0.3) is 0 Å². The SMILES string of the molecule is C#CCOC[C@H](O)CN(Cc1cccc(OC)c1)C[C@H]1CC(c2ccc(Cl)cc2)=NO1. The van der Waals surface area contributed by atoms with E-state index >= 15 is 0 Å². The molecule has 0 unspecified atom stereocenters. The smallest absolute Gasteiger partial charge is 0.145 e. The van der Waals surface area contributed by atoms with Crippen LogP contribution in [0.2, 0.25) is 5.02 Å². The van der Waals surface area contributed by atoms with Crippen molar-refractivity contribution >= 4 is 17.3 Å². The van der Waals surface area contributed by atoms with Crippen LogP contribution >= 0.6 is 11.6 Å². The second-order valence-corrected chi connectivity index (χ2v) is 7.83. The molecule has 0 saturated heterocycles. The molecule has 2 atom stereocenters. The maximum atomic E-state index is 10.4. The Morgan fingerprint density at radius 1 is 1.32 bits per heavy atom. The van der Waals surface area contributed by atoms with Crippen LogP contribution in [0.1, 0.15) is 17.5 Å². The second kappa shape index (κ2) is 11.7. The fraction of sp³-hybridized carbons (Fsp3) is 0.375. The van der Waals surface area contributed by atoms with Crippen LogP contribution in [-0.4, -0.2) is 61.3 Å². The zero-order chi connectivity index (χ0) is 22.1. The summed E-state index contributed by atoms with van der Waals surface area (Å²) in [5.74, 6) is 3.20. The maximum Gasteiger partial charge on any atom is 0.145 e. The summed E-state index contributed by atoms with van der Waals surface area (Å²) < 4.78 is 10.6. The van der Waals surface area contributed by atoms with Crippen LogP contribution in [0.3, 0.4) is 0 Å². The largest absolute Gasteiger partial charge is 0.497 e. The van der Waals surface area contributed by atoms with Crippen molar-refractivity contribution in [3.8, 4) is 18.1 Å². The van der Waals surface area contributed by atoms with Crippen LogP contribution in [0.4, 0.5) is 0 Å². The van der Waals surface area contributed by atoms with E-state index in [1.807, 2.05) is 48.5 Å². The number of hydrogen-bond donors (Lipinski definition) is 1. The van der Waals surface area contributed by atoms with Crippen molar-refractivity contribution in [2.24, 2.45) is 5.16 Å². The Kier molecular flexibility index (Phi) is 8.74. The average Bonchev–Trinajstić information content (AvgIpc) is 3.23. The summed E-state index contributed by atoms with van der Waals surface area (Å²) in [6.45, 7) is 2.00. The molecule has 1 N–H and O–H groups in total. The van der Waals surface area contributed by atoms with Crippen molar-refractivity contribution in [2.45, 2.75) is 25.2 Å². The lowest BCUT2D eigenvalue weighted by atomic mass is 10.0. The highest BCUT2D eigenvalue weighted by atomic mass is 35.5. The van der Waals surface area contributed by atoms with Gasteiger partial charge in [0, 0.05) is 31.1 Å². The van der Waals surface area contributed by atoms with Gasteiger partial charge in [0.05, 0.1) is 25.5 Å². The first-order chi connectivity index (χ1) is 15.1. The molecule has 2 aromatic rings. The summed E-state index contributed by atoms with van der Waals surface area (Å²) >= 11 is 5.98. The third-order valence-electron chi connectivity index (χ3n) is 4.88. The number of rotatable bonds is 11. The van der Waals surface area contributed by atoms with E-state index in [4.69, 9.17) is 32.3 Å². The van der Waals surface area contributed by atoms with Crippen molar-refractivity contribution in [2.75, 3.05) is 33.4 Å². The molecule has 0 aromatic heterocycles. The molecule has 164 valence electrons. The molecule has 0 aliphatic carbocycles. The van der Waals surface area contributed by atoms with Gasteiger partial charge in [0.15, 0.2) is 0 Å². The molecule has 0 spiro atoms. The minimum Gasteiger partial charge on any atom is -0.497 e. The van der Waals surface area contributed by atoms with Crippen LogP contribution < -0.4 is 4.74 Å². The minimum absolute atomic E-state index is 0.116. The Bertz CT molecular complexity index is 911. The summed E-state index contributed by atoms with van der Waals surface area (Å²) in [7, 11) is 1.64. The third-order valence-corrected chi connectivity index (χ3v) is 5.13. The highest BCUT2D eigenvalue weighted by Crippen LogP contribution is 2.21. The Balaban J connectivity index is 1.63. The molecule has 7 heteroatoms. The number of halogens is 1. The summed E-state index contributed by atoms with van der Waals surface area (Å²) in [5, 5.41) is 15.4.